The van der Waals surface area contributed by atoms with E-state index in [1.807, 2.05) is 0 Å². The molecule has 108 valence electrons. The number of unbranched alkanes of at least 4 members (excludes halogenated alkanes) is 5. The summed E-state index contributed by atoms with van der Waals surface area (Å²) in [5.74, 6) is 0.663. The lowest BCUT2D eigenvalue weighted by Gasteiger charge is -2.16. The van der Waals surface area contributed by atoms with E-state index in [2.05, 4.69) is 26.8 Å². The Balaban J connectivity index is 4.12. The SMILES string of the molecule is CCCCC/C=C(\CCCCC)C(C)CCCO. The van der Waals surface area contributed by atoms with Gasteiger partial charge >= 0.3 is 0 Å². The third kappa shape index (κ3) is 9.70. The van der Waals surface area contributed by atoms with E-state index in [-0.39, 0.29) is 0 Å². The first kappa shape index (κ1) is 17.7. The molecule has 0 amide bonds. The molecule has 0 fully saturated rings. The van der Waals surface area contributed by atoms with Gasteiger partial charge in [0, 0.05) is 6.61 Å². The monoisotopic (exact) mass is 254 g/mol. The summed E-state index contributed by atoms with van der Waals surface area (Å²) in [7, 11) is 0. The molecule has 0 saturated heterocycles. The predicted octanol–water partition coefficient (Wildman–Crippen LogP) is 5.48. The van der Waals surface area contributed by atoms with Crippen LogP contribution in [0.5, 0.6) is 0 Å². The standard InChI is InChI=1S/C17H34O/c1-4-6-8-10-14-17(13-9-7-5-2)16(3)12-11-15-18/h14,16,18H,4-13,15H2,1-3H3/b17-14+. The van der Waals surface area contributed by atoms with Gasteiger partial charge < -0.3 is 5.11 Å². The van der Waals surface area contributed by atoms with Crippen LogP contribution in [0, 0.1) is 5.92 Å². The molecule has 0 heterocycles. The van der Waals surface area contributed by atoms with Crippen molar-refractivity contribution in [1.82, 2.24) is 0 Å². The lowest BCUT2D eigenvalue weighted by molar-refractivity contribution is 0.277. The average Bonchev–Trinajstić information content (AvgIpc) is 2.39. The van der Waals surface area contributed by atoms with Gasteiger partial charge in [0.25, 0.3) is 0 Å². The zero-order valence-corrected chi connectivity index (χ0v) is 12.9. The van der Waals surface area contributed by atoms with Crippen LogP contribution in [0.25, 0.3) is 0 Å². The quantitative estimate of drug-likeness (QED) is 0.361. The maximum atomic E-state index is 8.94. The molecule has 0 rings (SSSR count). The van der Waals surface area contributed by atoms with Crippen LogP contribution in [0.15, 0.2) is 11.6 Å². The van der Waals surface area contributed by atoms with Crippen LogP contribution in [0.1, 0.15) is 85.0 Å². The molecule has 0 spiro atoms. The van der Waals surface area contributed by atoms with E-state index in [0.717, 1.165) is 12.8 Å². The van der Waals surface area contributed by atoms with Gasteiger partial charge in [-0.15, -0.1) is 0 Å². The fourth-order valence-corrected chi connectivity index (χ4v) is 2.39. The van der Waals surface area contributed by atoms with Crippen LogP contribution in [-0.2, 0) is 0 Å². The van der Waals surface area contributed by atoms with Crippen molar-refractivity contribution in [2.24, 2.45) is 5.92 Å². The smallest absolute Gasteiger partial charge is 0.0431 e. The highest BCUT2D eigenvalue weighted by atomic mass is 16.2. The maximum Gasteiger partial charge on any atom is 0.0431 e. The van der Waals surface area contributed by atoms with Gasteiger partial charge in [-0.3, -0.25) is 0 Å². The molecule has 0 aliphatic heterocycles. The summed E-state index contributed by atoms with van der Waals surface area (Å²) in [5.41, 5.74) is 1.65. The van der Waals surface area contributed by atoms with E-state index in [4.69, 9.17) is 5.11 Å². The van der Waals surface area contributed by atoms with Crippen molar-refractivity contribution in [2.75, 3.05) is 6.61 Å². The second-order valence-electron chi connectivity index (χ2n) is 5.50. The number of allylic oxidation sites excluding steroid dienone is 2. The number of rotatable bonds is 12. The third-order valence-corrected chi connectivity index (χ3v) is 3.71. The Hall–Kier alpha value is -0.300. The summed E-state index contributed by atoms with van der Waals surface area (Å²) in [6.07, 6.45) is 15.1. The van der Waals surface area contributed by atoms with Crippen LogP contribution in [0.2, 0.25) is 0 Å². The van der Waals surface area contributed by atoms with E-state index in [0.29, 0.717) is 12.5 Å². The fraction of sp³-hybridized carbons (Fsp3) is 0.882. The zero-order chi connectivity index (χ0) is 13.6. The van der Waals surface area contributed by atoms with Crippen molar-refractivity contribution in [2.45, 2.75) is 85.0 Å². The van der Waals surface area contributed by atoms with Crippen LogP contribution in [0.4, 0.5) is 0 Å². The number of hydrogen-bond donors (Lipinski definition) is 1. The second-order valence-corrected chi connectivity index (χ2v) is 5.50. The van der Waals surface area contributed by atoms with Crippen molar-refractivity contribution in [1.29, 1.82) is 0 Å². The molecule has 0 aromatic heterocycles. The van der Waals surface area contributed by atoms with Gasteiger partial charge in [-0.1, -0.05) is 58.1 Å². The molecule has 1 heteroatoms. The molecule has 0 radical (unpaired) electrons. The molecule has 0 aromatic carbocycles. The Morgan fingerprint density at radius 2 is 1.67 bits per heavy atom. The first-order valence-corrected chi connectivity index (χ1v) is 8.06. The minimum Gasteiger partial charge on any atom is -0.396 e. The Morgan fingerprint density at radius 3 is 2.28 bits per heavy atom. The van der Waals surface area contributed by atoms with E-state index >= 15 is 0 Å². The third-order valence-electron chi connectivity index (χ3n) is 3.71. The van der Waals surface area contributed by atoms with E-state index in [9.17, 15) is 0 Å². The molecule has 0 aliphatic carbocycles. The first-order valence-electron chi connectivity index (χ1n) is 8.06. The van der Waals surface area contributed by atoms with Crippen molar-refractivity contribution in [3.8, 4) is 0 Å². The Bertz CT molecular complexity index is 196. The van der Waals surface area contributed by atoms with Crippen LogP contribution < -0.4 is 0 Å². The number of aliphatic hydroxyl groups is 1. The summed E-state index contributed by atoms with van der Waals surface area (Å²) < 4.78 is 0. The number of hydrogen-bond acceptors (Lipinski definition) is 1. The summed E-state index contributed by atoms with van der Waals surface area (Å²) in [6.45, 7) is 7.19. The van der Waals surface area contributed by atoms with Gasteiger partial charge in [0.1, 0.15) is 0 Å². The summed E-state index contributed by atoms with van der Waals surface area (Å²) in [5, 5.41) is 8.94. The van der Waals surface area contributed by atoms with Gasteiger partial charge in [0.2, 0.25) is 0 Å². The van der Waals surface area contributed by atoms with E-state index < -0.39 is 0 Å². The van der Waals surface area contributed by atoms with Crippen molar-refractivity contribution < 1.29 is 5.11 Å². The molecule has 1 unspecified atom stereocenters. The first-order chi connectivity index (χ1) is 8.76. The fourth-order valence-electron chi connectivity index (χ4n) is 2.39. The van der Waals surface area contributed by atoms with Crippen molar-refractivity contribution in [3.05, 3.63) is 11.6 Å². The van der Waals surface area contributed by atoms with Crippen molar-refractivity contribution >= 4 is 0 Å². The van der Waals surface area contributed by atoms with E-state index in [1.165, 1.54) is 51.4 Å². The normalized spacial score (nSPS) is 13.9. The van der Waals surface area contributed by atoms with Crippen LogP contribution >= 0.6 is 0 Å². The molecule has 0 aromatic rings. The van der Waals surface area contributed by atoms with Crippen molar-refractivity contribution in [3.63, 3.8) is 0 Å². The molecule has 1 N–H and O–H groups in total. The lowest BCUT2D eigenvalue weighted by atomic mass is 9.90. The van der Waals surface area contributed by atoms with Gasteiger partial charge in [-0.05, 0) is 44.4 Å². The maximum absolute atomic E-state index is 8.94. The Morgan fingerprint density at radius 1 is 1.00 bits per heavy atom. The topological polar surface area (TPSA) is 20.2 Å². The van der Waals surface area contributed by atoms with Gasteiger partial charge in [-0.25, -0.2) is 0 Å². The Kier molecular flexibility index (Phi) is 12.9. The van der Waals surface area contributed by atoms with Gasteiger partial charge in [0.05, 0.1) is 0 Å². The summed E-state index contributed by atoms with van der Waals surface area (Å²) in [4.78, 5) is 0. The highest BCUT2D eigenvalue weighted by Gasteiger charge is 2.08. The van der Waals surface area contributed by atoms with Gasteiger partial charge in [-0.2, -0.15) is 0 Å². The molecule has 0 aliphatic rings. The summed E-state index contributed by atoms with van der Waals surface area (Å²) in [6, 6.07) is 0. The zero-order valence-electron chi connectivity index (χ0n) is 12.9. The summed E-state index contributed by atoms with van der Waals surface area (Å²) >= 11 is 0. The molecule has 1 nitrogen and oxygen atoms in total. The molecular formula is C17H34O. The second kappa shape index (κ2) is 13.1. The van der Waals surface area contributed by atoms with Crippen LogP contribution in [-0.4, -0.2) is 11.7 Å². The van der Waals surface area contributed by atoms with E-state index in [1.54, 1.807) is 5.57 Å². The largest absolute Gasteiger partial charge is 0.396 e. The minimum atomic E-state index is 0.336. The molecule has 0 saturated carbocycles. The molecule has 0 bridgehead atoms. The minimum absolute atomic E-state index is 0.336. The molecule has 18 heavy (non-hydrogen) atoms. The molecular weight excluding hydrogens is 220 g/mol. The highest BCUT2D eigenvalue weighted by Crippen LogP contribution is 2.23. The lowest BCUT2D eigenvalue weighted by Crippen LogP contribution is -2.02. The Labute approximate surface area is 115 Å². The van der Waals surface area contributed by atoms with Crippen LogP contribution in [0.3, 0.4) is 0 Å². The highest BCUT2D eigenvalue weighted by molar-refractivity contribution is 5.05. The predicted molar refractivity (Wildman–Crippen MR) is 81.9 cm³/mol. The average molecular weight is 254 g/mol. The number of aliphatic hydroxyl groups excluding tert-OH is 1. The van der Waals surface area contributed by atoms with Gasteiger partial charge in [0.15, 0.2) is 0 Å². The molecule has 1 atom stereocenters.